The molecule has 0 atom stereocenters. The number of hydrogen-bond donors (Lipinski definition) is 3. The van der Waals surface area contributed by atoms with Gasteiger partial charge in [0.25, 0.3) is 5.91 Å². The third kappa shape index (κ3) is 1.39. The second-order valence-corrected chi connectivity index (χ2v) is 4.00. The van der Waals surface area contributed by atoms with Crippen LogP contribution in [0.15, 0.2) is 29.4 Å². The monoisotopic (exact) mass is 228 g/mol. The van der Waals surface area contributed by atoms with Gasteiger partial charge in [0.15, 0.2) is 0 Å². The Labute approximate surface area is 97.7 Å². The summed E-state index contributed by atoms with van der Waals surface area (Å²) < 4.78 is 0. The Kier molecular flexibility index (Phi) is 2.11. The fourth-order valence-electron chi connectivity index (χ4n) is 2.25. The van der Waals surface area contributed by atoms with Crippen molar-refractivity contribution in [2.45, 2.75) is 6.42 Å². The van der Waals surface area contributed by atoms with Crippen molar-refractivity contribution in [3.8, 4) is 0 Å². The van der Waals surface area contributed by atoms with Crippen LogP contribution in [0.4, 0.5) is 0 Å². The van der Waals surface area contributed by atoms with Gasteiger partial charge in [0.2, 0.25) is 0 Å². The van der Waals surface area contributed by atoms with Gasteiger partial charge in [-0.1, -0.05) is 18.2 Å². The number of nitrogens with two attached hydrogens (primary N) is 1. The molecule has 0 fully saturated rings. The molecule has 17 heavy (non-hydrogen) atoms. The first-order valence-corrected chi connectivity index (χ1v) is 5.47. The summed E-state index contributed by atoms with van der Waals surface area (Å²) >= 11 is 0. The second-order valence-electron chi connectivity index (χ2n) is 4.00. The minimum Gasteiger partial charge on any atom is -0.350 e. The van der Waals surface area contributed by atoms with Crippen molar-refractivity contribution in [3.05, 3.63) is 35.5 Å². The molecule has 0 unspecified atom stereocenters. The summed E-state index contributed by atoms with van der Waals surface area (Å²) in [6, 6.07) is 7.77. The highest BCUT2D eigenvalue weighted by molar-refractivity contribution is 6.19. The van der Waals surface area contributed by atoms with Crippen molar-refractivity contribution in [2.24, 2.45) is 10.9 Å². The molecule has 0 saturated carbocycles. The van der Waals surface area contributed by atoms with Crippen LogP contribution in [0.5, 0.6) is 0 Å². The van der Waals surface area contributed by atoms with E-state index in [0.717, 1.165) is 22.2 Å². The van der Waals surface area contributed by atoms with Crippen LogP contribution in [-0.4, -0.2) is 23.1 Å². The van der Waals surface area contributed by atoms with Crippen LogP contribution in [0.2, 0.25) is 0 Å². The Bertz CT molecular complexity index is 626. The Morgan fingerprint density at radius 1 is 1.29 bits per heavy atom. The van der Waals surface area contributed by atoms with Gasteiger partial charge in [-0.15, -0.1) is 0 Å². The van der Waals surface area contributed by atoms with E-state index in [-0.39, 0.29) is 5.91 Å². The van der Waals surface area contributed by atoms with Crippen molar-refractivity contribution in [2.75, 3.05) is 6.54 Å². The predicted octanol–water partition coefficient (Wildman–Crippen LogP) is 0.964. The van der Waals surface area contributed by atoms with Crippen molar-refractivity contribution in [1.29, 1.82) is 0 Å². The molecule has 0 aliphatic carbocycles. The number of benzene rings is 1. The van der Waals surface area contributed by atoms with Gasteiger partial charge in [-0.05, 0) is 6.07 Å². The van der Waals surface area contributed by atoms with Crippen LogP contribution in [0, 0.1) is 0 Å². The van der Waals surface area contributed by atoms with Crippen LogP contribution >= 0.6 is 0 Å². The molecule has 1 aromatic heterocycles. The third-order valence-electron chi connectivity index (χ3n) is 3.02. The van der Waals surface area contributed by atoms with Crippen molar-refractivity contribution >= 4 is 22.5 Å². The maximum Gasteiger partial charge on any atom is 0.268 e. The van der Waals surface area contributed by atoms with Crippen molar-refractivity contribution in [1.82, 2.24) is 10.3 Å². The number of amides is 1. The van der Waals surface area contributed by atoms with Gasteiger partial charge in [0.1, 0.15) is 5.69 Å². The van der Waals surface area contributed by atoms with Gasteiger partial charge in [-0.25, -0.2) is 0 Å². The number of carbonyl (C=O) groups is 1. The molecule has 0 spiro atoms. The fourth-order valence-corrected chi connectivity index (χ4v) is 2.25. The minimum atomic E-state index is -0.102. The average molecular weight is 228 g/mol. The van der Waals surface area contributed by atoms with Crippen LogP contribution in [-0.2, 0) is 0 Å². The average Bonchev–Trinajstić information content (AvgIpc) is 2.66. The maximum absolute atomic E-state index is 11.9. The first-order chi connectivity index (χ1) is 8.31. The number of para-hydroxylation sites is 1. The van der Waals surface area contributed by atoms with Crippen LogP contribution in [0.25, 0.3) is 10.9 Å². The lowest BCUT2D eigenvalue weighted by Crippen LogP contribution is -2.23. The Morgan fingerprint density at radius 2 is 2.12 bits per heavy atom. The predicted molar refractivity (Wildman–Crippen MR) is 66.0 cm³/mol. The zero-order valence-electron chi connectivity index (χ0n) is 9.16. The van der Waals surface area contributed by atoms with Gasteiger partial charge in [-0.2, -0.15) is 5.10 Å². The largest absolute Gasteiger partial charge is 0.350 e. The smallest absolute Gasteiger partial charge is 0.268 e. The highest BCUT2D eigenvalue weighted by atomic mass is 16.1. The summed E-state index contributed by atoms with van der Waals surface area (Å²) in [5.74, 6) is 5.32. The molecular weight excluding hydrogens is 216 g/mol. The molecule has 1 aromatic carbocycles. The number of aromatic amines is 1. The zero-order valence-corrected chi connectivity index (χ0v) is 9.16. The van der Waals surface area contributed by atoms with Crippen molar-refractivity contribution in [3.63, 3.8) is 0 Å². The number of fused-ring (bicyclic) bond motifs is 3. The van der Waals surface area contributed by atoms with Gasteiger partial charge >= 0.3 is 0 Å². The minimum absolute atomic E-state index is 0.102. The molecule has 5 heteroatoms. The third-order valence-corrected chi connectivity index (χ3v) is 3.02. The van der Waals surface area contributed by atoms with Crippen LogP contribution < -0.4 is 11.2 Å². The fraction of sp³-hybridized carbons (Fsp3) is 0.167. The number of H-pyrrole nitrogens is 1. The lowest BCUT2D eigenvalue weighted by molar-refractivity contribution is 0.0952. The molecule has 2 aromatic rings. The molecule has 0 bridgehead atoms. The molecule has 0 radical (unpaired) electrons. The molecule has 86 valence electrons. The number of aromatic nitrogens is 1. The number of hydrazone groups is 1. The van der Waals surface area contributed by atoms with E-state index in [2.05, 4.69) is 15.4 Å². The summed E-state index contributed by atoms with van der Waals surface area (Å²) in [4.78, 5) is 15.0. The standard InChI is InChI=1S/C12H12N4O/c13-16-9-5-6-14-12(17)11-10(9)7-3-1-2-4-8(7)15-11/h1-4,15H,5-6,13H2,(H,14,17). The molecule has 0 saturated heterocycles. The quantitative estimate of drug-likeness (QED) is 0.463. The molecule has 4 N–H and O–H groups in total. The van der Waals surface area contributed by atoms with E-state index in [4.69, 9.17) is 5.84 Å². The van der Waals surface area contributed by atoms with Crippen molar-refractivity contribution < 1.29 is 4.79 Å². The number of hydrogen-bond acceptors (Lipinski definition) is 3. The Hall–Kier alpha value is -2.30. The second kappa shape index (κ2) is 3.62. The van der Waals surface area contributed by atoms with E-state index >= 15 is 0 Å². The van der Waals surface area contributed by atoms with Gasteiger partial charge in [0.05, 0.1) is 5.71 Å². The summed E-state index contributed by atoms with van der Waals surface area (Å²) in [5.41, 5.74) is 3.07. The van der Waals surface area contributed by atoms with Gasteiger partial charge in [0, 0.05) is 29.4 Å². The highest BCUT2D eigenvalue weighted by Gasteiger charge is 2.24. The van der Waals surface area contributed by atoms with E-state index in [0.29, 0.717) is 18.7 Å². The van der Waals surface area contributed by atoms with E-state index in [1.807, 2.05) is 24.3 Å². The van der Waals surface area contributed by atoms with E-state index in [1.54, 1.807) is 0 Å². The van der Waals surface area contributed by atoms with E-state index in [9.17, 15) is 4.79 Å². The first kappa shape index (κ1) is 9.89. The molecule has 1 amide bonds. The number of carbonyl (C=O) groups excluding carboxylic acids is 1. The number of nitrogens with one attached hydrogen (secondary N) is 2. The van der Waals surface area contributed by atoms with E-state index in [1.165, 1.54) is 0 Å². The molecule has 1 aliphatic heterocycles. The first-order valence-electron chi connectivity index (χ1n) is 5.47. The SMILES string of the molecule is NN=C1CCNC(=O)c2[nH]c3ccccc3c21. The molecular formula is C12H12N4O. The van der Waals surface area contributed by atoms with Crippen LogP contribution in [0.3, 0.4) is 0 Å². The highest BCUT2D eigenvalue weighted by Crippen LogP contribution is 2.25. The normalized spacial score (nSPS) is 17.9. The molecule has 1 aliphatic rings. The summed E-state index contributed by atoms with van der Waals surface area (Å²) in [7, 11) is 0. The summed E-state index contributed by atoms with van der Waals surface area (Å²) in [5, 5.41) is 7.62. The van der Waals surface area contributed by atoms with Crippen LogP contribution in [0.1, 0.15) is 22.5 Å². The van der Waals surface area contributed by atoms with Gasteiger partial charge in [-0.3, -0.25) is 4.79 Å². The molecule has 2 heterocycles. The Balaban J connectivity index is 2.38. The summed E-state index contributed by atoms with van der Waals surface area (Å²) in [6.07, 6.45) is 0.650. The lowest BCUT2D eigenvalue weighted by atomic mass is 10.0. The zero-order chi connectivity index (χ0) is 11.8. The van der Waals surface area contributed by atoms with E-state index < -0.39 is 0 Å². The topological polar surface area (TPSA) is 83.3 Å². The maximum atomic E-state index is 11.9. The summed E-state index contributed by atoms with van der Waals surface area (Å²) in [6.45, 7) is 0.561. The number of rotatable bonds is 0. The molecule has 3 rings (SSSR count). The molecule has 5 nitrogen and oxygen atoms in total. The Morgan fingerprint density at radius 3 is 2.94 bits per heavy atom. The lowest BCUT2D eigenvalue weighted by Gasteiger charge is -2.00. The van der Waals surface area contributed by atoms with Gasteiger partial charge < -0.3 is 16.1 Å². The number of nitrogens with zero attached hydrogens (tertiary/aromatic N) is 1.